The molecule has 4 nitrogen and oxygen atoms in total. The van der Waals surface area contributed by atoms with Gasteiger partial charge in [-0.05, 0) is 50.3 Å². The number of amides is 2. The van der Waals surface area contributed by atoms with Gasteiger partial charge < -0.3 is 15.0 Å². The first-order valence-electron chi connectivity index (χ1n) is 8.23. The molecule has 0 saturated heterocycles. The van der Waals surface area contributed by atoms with Gasteiger partial charge in [0.2, 0.25) is 0 Å². The van der Waals surface area contributed by atoms with Crippen molar-refractivity contribution < 1.29 is 9.53 Å². The fourth-order valence-corrected chi connectivity index (χ4v) is 2.36. The number of urea groups is 1. The highest BCUT2D eigenvalue weighted by Crippen LogP contribution is 2.25. The van der Waals surface area contributed by atoms with Crippen molar-refractivity contribution in [1.82, 2.24) is 10.2 Å². The van der Waals surface area contributed by atoms with Gasteiger partial charge in [-0.15, -0.1) is 0 Å². The maximum absolute atomic E-state index is 12.2. The fraction of sp³-hybridized carbons (Fsp3) is 0.611. The fourth-order valence-electron chi connectivity index (χ4n) is 2.36. The van der Waals surface area contributed by atoms with Gasteiger partial charge in [-0.25, -0.2) is 4.79 Å². The van der Waals surface area contributed by atoms with Crippen LogP contribution in [0.2, 0.25) is 0 Å². The van der Waals surface area contributed by atoms with Crippen LogP contribution in [-0.2, 0) is 0 Å². The van der Waals surface area contributed by atoms with Gasteiger partial charge in [0.05, 0.1) is 0 Å². The highest BCUT2D eigenvalue weighted by atomic mass is 16.5. The summed E-state index contributed by atoms with van der Waals surface area (Å²) in [5.41, 5.74) is 3.42. The minimum atomic E-state index is -0.0433. The number of benzene rings is 1. The number of aryl methyl sites for hydroxylation is 2. The molecule has 0 aromatic heterocycles. The van der Waals surface area contributed by atoms with Crippen LogP contribution >= 0.6 is 0 Å². The third-order valence-electron chi connectivity index (χ3n) is 3.88. The van der Waals surface area contributed by atoms with Crippen molar-refractivity contribution >= 4 is 6.03 Å². The summed E-state index contributed by atoms with van der Waals surface area (Å²) in [6, 6.07) is 4.09. The number of carbonyl (C=O) groups is 1. The second-order valence-electron chi connectivity index (χ2n) is 5.76. The summed E-state index contributed by atoms with van der Waals surface area (Å²) in [6.45, 7) is 12.1. The van der Waals surface area contributed by atoms with Crippen LogP contribution in [0.15, 0.2) is 12.1 Å². The Hall–Kier alpha value is -1.71. The van der Waals surface area contributed by atoms with E-state index in [1.54, 1.807) is 0 Å². The van der Waals surface area contributed by atoms with Gasteiger partial charge in [0.15, 0.2) is 6.73 Å². The Balaban J connectivity index is 2.55. The molecule has 22 heavy (non-hydrogen) atoms. The topological polar surface area (TPSA) is 41.6 Å². The summed E-state index contributed by atoms with van der Waals surface area (Å²) >= 11 is 0. The van der Waals surface area contributed by atoms with Crippen molar-refractivity contribution in [3.05, 3.63) is 28.8 Å². The van der Waals surface area contributed by atoms with E-state index in [4.69, 9.17) is 4.74 Å². The van der Waals surface area contributed by atoms with E-state index >= 15 is 0 Å². The second-order valence-corrected chi connectivity index (χ2v) is 5.76. The Morgan fingerprint density at radius 1 is 1.09 bits per heavy atom. The maximum atomic E-state index is 12.2. The van der Waals surface area contributed by atoms with E-state index in [1.807, 2.05) is 24.8 Å². The monoisotopic (exact) mass is 306 g/mol. The molecule has 0 unspecified atom stereocenters. The number of nitrogens with one attached hydrogen (secondary N) is 1. The van der Waals surface area contributed by atoms with Gasteiger partial charge in [0, 0.05) is 13.1 Å². The van der Waals surface area contributed by atoms with Crippen LogP contribution in [-0.4, -0.2) is 30.8 Å². The lowest BCUT2D eigenvalue weighted by atomic mass is 10.1. The van der Waals surface area contributed by atoms with E-state index in [0.717, 1.165) is 49.2 Å². The molecule has 0 radical (unpaired) electrons. The predicted octanol–water partition coefficient (Wildman–Crippen LogP) is 4.17. The van der Waals surface area contributed by atoms with E-state index in [0.29, 0.717) is 0 Å². The Kier molecular flexibility index (Phi) is 7.78. The zero-order valence-corrected chi connectivity index (χ0v) is 14.7. The van der Waals surface area contributed by atoms with Crippen molar-refractivity contribution in [3.63, 3.8) is 0 Å². The smallest absolute Gasteiger partial charge is 0.320 e. The van der Waals surface area contributed by atoms with Crippen molar-refractivity contribution in [1.29, 1.82) is 0 Å². The summed E-state index contributed by atoms with van der Waals surface area (Å²) in [4.78, 5) is 14.1. The molecule has 0 fully saturated rings. The number of hydrogen-bond acceptors (Lipinski definition) is 2. The average molecular weight is 306 g/mol. The molecule has 1 rings (SSSR count). The number of carbonyl (C=O) groups excluding carboxylic acids is 1. The molecule has 0 aliphatic rings. The van der Waals surface area contributed by atoms with Crippen molar-refractivity contribution in [2.24, 2.45) is 0 Å². The van der Waals surface area contributed by atoms with E-state index in [2.05, 4.69) is 32.2 Å². The van der Waals surface area contributed by atoms with E-state index in [9.17, 15) is 4.79 Å². The molecule has 1 aromatic carbocycles. The number of ether oxygens (including phenoxy) is 1. The molecular weight excluding hydrogens is 276 g/mol. The van der Waals surface area contributed by atoms with Gasteiger partial charge in [-0.1, -0.05) is 32.4 Å². The summed E-state index contributed by atoms with van der Waals surface area (Å²) in [6.07, 6.45) is 3.09. The summed E-state index contributed by atoms with van der Waals surface area (Å²) in [5.74, 6) is 0.871. The highest BCUT2D eigenvalue weighted by Gasteiger charge is 2.12. The highest BCUT2D eigenvalue weighted by molar-refractivity contribution is 5.74. The normalized spacial score (nSPS) is 10.4. The van der Waals surface area contributed by atoms with Crippen molar-refractivity contribution in [3.8, 4) is 5.75 Å². The van der Waals surface area contributed by atoms with Crippen molar-refractivity contribution in [2.45, 2.75) is 53.9 Å². The SMILES string of the molecule is CCCCN(CCC)C(=O)NCOc1c(C)ccc(C)c1C. The Labute approximate surface area is 134 Å². The maximum Gasteiger partial charge on any atom is 0.320 e. The number of nitrogens with zero attached hydrogens (tertiary/aromatic N) is 1. The van der Waals surface area contributed by atoms with Crippen LogP contribution in [0.3, 0.4) is 0 Å². The first-order valence-corrected chi connectivity index (χ1v) is 8.23. The van der Waals surface area contributed by atoms with Gasteiger partial charge in [-0.3, -0.25) is 0 Å². The first kappa shape index (κ1) is 18.3. The van der Waals surface area contributed by atoms with Crippen LogP contribution in [0.5, 0.6) is 5.75 Å². The Morgan fingerprint density at radius 2 is 1.77 bits per heavy atom. The molecule has 0 aliphatic heterocycles. The van der Waals surface area contributed by atoms with E-state index in [1.165, 1.54) is 5.56 Å². The molecule has 2 amide bonds. The zero-order chi connectivity index (χ0) is 16.5. The second kappa shape index (κ2) is 9.34. The molecule has 0 atom stereocenters. The lowest BCUT2D eigenvalue weighted by Crippen LogP contribution is -2.42. The van der Waals surface area contributed by atoms with Crippen LogP contribution in [0.25, 0.3) is 0 Å². The molecule has 1 N–H and O–H groups in total. The van der Waals surface area contributed by atoms with E-state index < -0.39 is 0 Å². The molecule has 4 heteroatoms. The van der Waals surface area contributed by atoms with Crippen LogP contribution in [0.4, 0.5) is 4.79 Å². The van der Waals surface area contributed by atoms with Gasteiger partial charge in [0.25, 0.3) is 0 Å². The molecule has 0 spiro atoms. The van der Waals surface area contributed by atoms with Crippen LogP contribution in [0.1, 0.15) is 49.8 Å². The molecule has 0 heterocycles. The minimum Gasteiger partial charge on any atom is -0.473 e. The summed E-state index contributed by atoms with van der Waals surface area (Å²) < 4.78 is 5.79. The number of unbranched alkanes of at least 4 members (excludes halogenated alkanes) is 1. The number of hydrogen-bond donors (Lipinski definition) is 1. The molecule has 0 saturated carbocycles. The predicted molar refractivity (Wildman–Crippen MR) is 91.5 cm³/mol. The Bertz CT molecular complexity index is 486. The molecule has 1 aromatic rings. The van der Waals surface area contributed by atoms with Crippen molar-refractivity contribution in [2.75, 3.05) is 19.8 Å². The minimum absolute atomic E-state index is 0.0433. The van der Waals surface area contributed by atoms with Crippen LogP contribution < -0.4 is 10.1 Å². The third-order valence-corrected chi connectivity index (χ3v) is 3.88. The number of rotatable bonds is 8. The zero-order valence-electron chi connectivity index (χ0n) is 14.7. The lowest BCUT2D eigenvalue weighted by molar-refractivity contribution is 0.183. The first-order chi connectivity index (χ1) is 10.5. The largest absolute Gasteiger partial charge is 0.473 e. The summed E-state index contributed by atoms with van der Waals surface area (Å²) in [5, 5.41) is 2.86. The standard InChI is InChI=1S/C18H30N2O2/c1-6-8-12-20(11-7-2)18(21)19-13-22-17-15(4)10-9-14(3)16(17)5/h9-10H,6-8,11-13H2,1-5H3,(H,19,21). The summed E-state index contributed by atoms with van der Waals surface area (Å²) in [7, 11) is 0. The quantitative estimate of drug-likeness (QED) is 0.732. The molecular formula is C18H30N2O2. The van der Waals surface area contributed by atoms with Gasteiger partial charge in [0.1, 0.15) is 5.75 Å². The molecule has 0 aliphatic carbocycles. The lowest BCUT2D eigenvalue weighted by Gasteiger charge is -2.23. The van der Waals surface area contributed by atoms with Crippen LogP contribution in [0, 0.1) is 20.8 Å². The van der Waals surface area contributed by atoms with Gasteiger partial charge in [-0.2, -0.15) is 0 Å². The molecule has 124 valence electrons. The average Bonchev–Trinajstić information content (AvgIpc) is 2.50. The van der Waals surface area contributed by atoms with E-state index in [-0.39, 0.29) is 12.8 Å². The van der Waals surface area contributed by atoms with Gasteiger partial charge >= 0.3 is 6.03 Å². The third kappa shape index (κ3) is 5.24. The molecule has 0 bridgehead atoms. The Morgan fingerprint density at radius 3 is 2.41 bits per heavy atom.